The average Bonchev–Trinajstić information content (AvgIpc) is 2.69. The lowest BCUT2D eigenvalue weighted by atomic mass is 10.2. The minimum atomic E-state index is 0.821. The van der Waals surface area contributed by atoms with Gasteiger partial charge in [0.15, 0.2) is 0 Å². The van der Waals surface area contributed by atoms with Gasteiger partial charge >= 0.3 is 0 Å². The van der Waals surface area contributed by atoms with Crippen LogP contribution in [0.3, 0.4) is 0 Å². The molecule has 0 saturated carbocycles. The Kier molecular flexibility index (Phi) is 5.39. The van der Waals surface area contributed by atoms with Gasteiger partial charge in [-0.2, -0.15) is 0 Å². The van der Waals surface area contributed by atoms with E-state index in [1.807, 2.05) is 12.4 Å². The van der Waals surface area contributed by atoms with E-state index in [-0.39, 0.29) is 0 Å². The molecular formula is C14H24N4. The molecule has 1 N–H and O–H groups in total. The lowest BCUT2D eigenvalue weighted by Crippen LogP contribution is -2.25. The van der Waals surface area contributed by atoms with Gasteiger partial charge in [0, 0.05) is 19.6 Å². The van der Waals surface area contributed by atoms with Crippen molar-refractivity contribution in [3.8, 4) is 0 Å². The highest BCUT2D eigenvalue weighted by atomic mass is 15.2. The summed E-state index contributed by atoms with van der Waals surface area (Å²) in [5, 5.41) is 3.34. The van der Waals surface area contributed by atoms with Crippen LogP contribution >= 0.6 is 0 Å². The summed E-state index contributed by atoms with van der Waals surface area (Å²) in [5.41, 5.74) is 1.03. The summed E-state index contributed by atoms with van der Waals surface area (Å²) in [5.74, 6) is 1.04. The minimum Gasteiger partial charge on any atom is -0.355 e. The quantitative estimate of drug-likeness (QED) is 0.812. The number of hydrogen-bond donors (Lipinski definition) is 1. The third-order valence-corrected chi connectivity index (χ3v) is 3.35. The number of aromatic nitrogens is 2. The summed E-state index contributed by atoms with van der Waals surface area (Å²) in [6.07, 6.45) is 10.2. The van der Waals surface area contributed by atoms with E-state index >= 15 is 0 Å². The topological polar surface area (TPSA) is 41.1 Å². The molecule has 100 valence electrons. The second kappa shape index (κ2) is 7.31. The van der Waals surface area contributed by atoms with Gasteiger partial charge in [0.25, 0.3) is 0 Å². The predicted molar refractivity (Wildman–Crippen MR) is 74.7 cm³/mol. The highest BCUT2D eigenvalue weighted by Crippen LogP contribution is 2.16. The molecule has 0 aliphatic carbocycles. The van der Waals surface area contributed by atoms with Crippen molar-refractivity contribution in [2.24, 2.45) is 0 Å². The Hall–Kier alpha value is -1.16. The first-order valence-corrected chi connectivity index (χ1v) is 7.16. The number of anilines is 1. The molecule has 0 atom stereocenters. The van der Waals surface area contributed by atoms with Crippen molar-refractivity contribution in [2.45, 2.75) is 45.6 Å². The summed E-state index contributed by atoms with van der Waals surface area (Å²) in [6, 6.07) is 0. The zero-order chi connectivity index (χ0) is 12.6. The molecule has 0 amide bonds. The molecule has 1 aromatic heterocycles. The fourth-order valence-corrected chi connectivity index (χ4v) is 2.30. The fourth-order valence-electron chi connectivity index (χ4n) is 2.30. The molecule has 0 radical (unpaired) electrons. The largest absolute Gasteiger partial charge is 0.355 e. The van der Waals surface area contributed by atoms with Crippen LogP contribution in [0.2, 0.25) is 0 Å². The first kappa shape index (κ1) is 13.3. The maximum Gasteiger partial charge on any atom is 0.147 e. The van der Waals surface area contributed by atoms with Gasteiger partial charge in [0.1, 0.15) is 5.82 Å². The van der Waals surface area contributed by atoms with Crippen LogP contribution in [0.5, 0.6) is 0 Å². The molecule has 0 spiro atoms. The second-order valence-corrected chi connectivity index (χ2v) is 4.94. The molecule has 2 heterocycles. The van der Waals surface area contributed by atoms with E-state index in [0.717, 1.165) is 44.1 Å². The monoisotopic (exact) mass is 248 g/mol. The Labute approximate surface area is 110 Å². The van der Waals surface area contributed by atoms with Gasteiger partial charge in [-0.05, 0) is 25.8 Å². The Morgan fingerprint density at radius 1 is 1.11 bits per heavy atom. The van der Waals surface area contributed by atoms with E-state index in [2.05, 4.69) is 27.1 Å². The molecule has 4 heteroatoms. The van der Waals surface area contributed by atoms with Crippen LogP contribution in [0, 0.1) is 0 Å². The SMILES string of the molecule is CCCNCc1cnc(N2CCCCCC2)cn1. The van der Waals surface area contributed by atoms with Crippen LogP contribution in [0.15, 0.2) is 12.4 Å². The van der Waals surface area contributed by atoms with Crippen molar-refractivity contribution in [2.75, 3.05) is 24.5 Å². The van der Waals surface area contributed by atoms with Gasteiger partial charge in [-0.1, -0.05) is 19.8 Å². The maximum absolute atomic E-state index is 4.55. The van der Waals surface area contributed by atoms with Crippen LogP contribution in [-0.4, -0.2) is 29.6 Å². The summed E-state index contributed by atoms with van der Waals surface area (Å²) in [4.78, 5) is 11.4. The van der Waals surface area contributed by atoms with Crippen LogP contribution in [0.4, 0.5) is 5.82 Å². The third kappa shape index (κ3) is 3.95. The molecule has 2 rings (SSSR count). The van der Waals surface area contributed by atoms with Crippen molar-refractivity contribution >= 4 is 5.82 Å². The lowest BCUT2D eigenvalue weighted by molar-refractivity contribution is 0.661. The maximum atomic E-state index is 4.55. The summed E-state index contributed by atoms with van der Waals surface area (Å²) in [6.45, 7) is 6.28. The molecule has 1 aliphatic rings. The van der Waals surface area contributed by atoms with E-state index < -0.39 is 0 Å². The van der Waals surface area contributed by atoms with E-state index in [9.17, 15) is 0 Å². The smallest absolute Gasteiger partial charge is 0.147 e. The normalized spacial score (nSPS) is 16.6. The molecule has 4 nitrogen and oxygen atoms in total. The van der Waals surface area contributed by atoms with Crippen LogP contribution < -0.4 is 10.2 Å². The molecule has 18 heavy (non-hydrogen) atoms. The van der Waals surface area contributed by atoms with E-state index in [1.54, 1.807) is 0 Å². The van der Waals surface area contributed by atoms with E-state index in [4.69, 9.17) is 0 Å². The molecule has 1 fully saturated rings. The van der Waals surface area contributed by atoms with E-state index in [1.165, 1.54) is 25.7 Å². The average molecular weight is 248 g/mol. The first-order valence-electron chi connectivity index (χ1n) is 7.16. The summed E-state index contributed by atoms with van der Waals surface area (Å²) in [7, 11) is 0. The van der Waals surface area contributed by atoms with Crippen LogP contribution in [0.25, 0.3) is 0 Å². The second-order valence-electron chi connectivity index (χ2n) is 4.94. The van der Waals surface area contributed by atoms with Crippen molar-refractivity contribution < 1.29 is 0 Å². The number of rotatable bonds is 5. The minimum absolute atomic E-state index is 0.821. The van der Waals surface area contributed by atoms with Gasteiger partial charge in [-0.25, -0.2) is 4.98 Å². The third-order valence-electron chi connectivity index (χ3n) is 3.35. The summed E-state index contributed by atoms with van der Waals surface area (Å²) < 4.78 is 0. The van der Waals surface area contributed by atoms with Gasteiger partial charge in [0.2, 0.25) is 0 Å². The molecule has 0 unspecified atom stereocenters. The van der Waals surface area contributed by atoms with E-state index in [0.29, 0.717) is 0 Å². The van der Waals surface area contributed by atoms with Gasteiger partial charge in [-0.3, -0.25) is 4.98 Å². The fraction of sp³-hybridized carbons (Fsp3) is 0.714. The number of nitrogens with zero attached hydrogens (tertiary/aromatic N) is 3. The Balaban J connectivity index is 1.89. The molecular weight excluding hydrogens is 224 g/mol. The van der Waals surface area contributed by atoms with Gasteiger partial charge in [0.05, 0.1) is 18.1 Å². The number of nitrogens with one attached hydrogen (secondary N) is 1. The zero-order valence-corrected chi connectivity index (χ0v) is 11.4. The molecule has 1 aromatic rings. The van der Waals surface area contributed by atoms with Crippen molar-refractivity contribution in [3.63, 3.8) is 0 Å². The lowest BCUT2D eigenvalue weighted by Gasteiger charge is -2.20. The molecule has 0 aromatic carbocycles. The molecule has 1 saturated heterocycles. The van der Waals surface area contributed by atoms with Crippen LogP contribution in [0.1, 0.15) is 44.7 Å². The Bertz CT molecular complexity index is 328. The zero-order valence-electron chi connectivity index (χ0n) is 11.4. The van der Waals surface area contributed by atoms with Gasteiger partial charge in [-0.15, -0.1) is 0 Å². The first-order chi connectivity index (χ1) is 8.90. The van der Waals surface area contributed by atoms with Gasteiger partial charge < -0.3 is 10.2 Å². The highest BCUT2D eigenvalue weighted by Gasteiger charge is 2.11. The predicted octanol–water partition coefficient (Wildman–Crippen LogP) is 2.36. The Morgan fingerprint density at radius 2 is 1.89 bits per heavy atom. The summed E-state index contributed by atoms with van der Waals surface area (Å²) >= 11 is 0. The molecule has 1 aliphatic heterocycles. The van der Waals surface area contributed by atoms with Crippen molar-refractivity contribution in [1.82, 2.24) is 15.3 Å². The van der Waals surface area contributed by atoms with Crippen molar-refractivity contribution in [1.29, 1.82) is 0 Å². The van der Waals surface area contributed by atoms with Crippen molar-refractivity contribution in [3.05, 3.63) is 18.1 Å². The standard InChI is InChI=1S/C14H24N4/c1-2-7-15-10-13-11-17-14(12-16-13)18-8-5-3-4-6-9-18/h11-12,15H,2-10H2,1H3. The van der Waals surface area contributed by atoms with Crippen LogP contribution in [-0.2, 0) is 6.54 Å². The highest BCUT2D eigenvalue weighted by molar-refractivity contribution is 5.35. The Morgan fingerprint density at radius 3 is 2.50 bits per heavy atom. The molecule has 0 bridgehead atoms. The number of hydrogen-bond acceptors (Lipinski definition) is 4.